The van der Waals surface area contributed by atoms with Gasteiger partial charge in [0.25, 0.3) is 0 Å². The summed E-state index contributed by atoms with van der Waals surface area (Å²) < 4.78 is 18.5. The number of allylic oxidation sites excluding steroid dienone is 2. The number of carboxylic acids is 1. The van der Waals surface area contributed by atoms with E-state index in [-0.39, 0.29) is 57.8 Å². The van der Waals surface area contributed by atoms with Crippen molar-refractivity contribution in [2.75, 3.05) is 7.11 Å². The number of methoxy groups -OCH3 is 1. The molecule has 42 heavy (non-hydrogen) atoms. The number of esters is 2. The molecule has 0 heterocycles. The maximum Gasteiger partial charge on any atom is 0.330 e. The van der Waals surface area contributed by atoms with Crippen LogP contribution in [0.25, 0.3) is 0 Å². The minimum Gasteiger partial charge on any atom is -0.478 e. The third kappa shape index (κ3) is 5.05. The molecule has 0 radical (unpaired) electrons. The smallest absolute Gasteiger partial charge is 0.330 e. The molecule has 0 aliphatic heterocycles. The number of carboxylic acid groups (broad SMARTS) is 1. The monoisotopic (exact) mass is 586 g/mol. The van der Waals surface area contributed by atoms with Crippen molar-refractivity contribution in [1.82, 2.24) is 0 Å². The molecule has 0 bridgehead atoms. The number of hydrogen-bond acceptors (Lipinski definition) is 6. The first-order valence-corrected chi connectivity index (χ1v) is 16.0. The van der Waals surface area contributed by atoms with E-state index in [0.29, 0.717) is 23.8 Å². The zero-order valence-corrected chi connectivity index (χ0v) is 27.6. The average Bonchev–Trinajstić information content (AvgIpc) is 3.12. The van der Waals surface area contributed by atoms with Crippen molar-refractivity contribution in [2.24, 2.45) is 39.4 Å². The van der Waals surface area contributed by atoms with Gasteiger partial charge in [-0.25, -0.2) is 4.79 Å². The van der Waals surface area contributed by atoms with E-state index in [1.807, 2.05) is 6.08 Å². The first-order chi connectivity index (χ1) is 19.4. The van der Waals surface area contributed by atoms with Crippen LogP contribution >= 0.6 is 0 Å². The summed E-state index contributed by atoms with van der Waals surface area (Å²) in [6.07, 6.45) is 8.36. The zero-order chi connectivity index (χ0) is 31.4. The molecule has 0 aromatic carbocycles. The van der Waals surface area contributed by atoms with Gasteiger partial charge in [-0.1, -0.05) is 53.2 Å². The van der Waals surface area contributed by atoms with E-state index in [4.69, 9.17) is 14.2 Å². The maximum absolute atomic E-state index is 12.5. The van der Waals surface area contributed by atoms with E-state index in [1.54, 1.807) is 14.0 Å². The average molecular weight is 587 g/mol. The third-order valence-electron chi connectivity index (χ3n) is 12.8. The Bertz CT molecular complexity index is 1170. The minimum absolute atomic E-state index is 0.0571. The van der Waals surface area contributed by atoms with Gasteiger partial charge in [0.05, 0.1) is 6.10 Å². The van der Waals surface area contributed by atoms with E-state index in [9.17, 15) is 19.5 Å². The van der Waals surface area contributed by atoms with Gasteiger partial charge in [-0.3, -0.25) is 9.59 Å². The lowest BCUT2D eigenvalue weighted by Gasteiger charge is -2.63. The highest BCUT2D eigenvalue weighted by Crippen LogP contribution is 2.73. The number of fused-ring (bicyclic) bond motifs is 4. The summed E-state index contributed by atoms with van der Waals surface area (Å²) in [7, 11) is 1.81. The van der Waals surface area contributed by atoms with Crippen LogP contribution < -0.4 is 0 Å². The largest absolute Gasteiger partial charge is 0.478 e. The molecule has 0 amide bonds. The van der Waals surface area contributed by atoms with Crippen molar-refractivity contribution in [1.29, 1.82) is 0 Å². The molecular weight excluding hydrogens is 532 g/mol. The van der Waals surface area contributed by atoms with Crippen molar-refractivity contribution >= 4 is 17.9 Å². The minimum atomic E-state index is -0.871. The molecular formula is C35H54O7. The summed E-state index contributed by atoms with van der Waals surface area (Å²) in [5.74, 6) is -0.404. The SMILES string of the molecule is CO[C@@H]1C[C@H]2C(C)(C)[C@@H](OC(C)=O)CC[C@]2(C)C2=C1[C@]1(C)[C@@H](OC(C)=O)C[C@H]([C@H](C)CC/C=C(\C)C(=O)O)[C@@]1(C)CC2. The first kappa shape index (κ1) is 32.8. The van der Waals surface area contributed by atoms with Crippen molar-refractivity contribution < 1.29 is 33.7 Å². The fourth-order valence-corrected chi connectivity index (χ4v) is 10.3. The predicted octanol–water partition coefficient (Wildman–Crippen LogP) is 7.28. The van der Waals surface area contributed by atoms with E-state index >= 15 is 0 Å². The van der Waals surface area contributed by atoms with Crippen LogP contribution in [0.2, 0.25) is 0 Å². The lowest BCUT2D eigenvalue weighted by atomic mass is 9.42. The lowest BCUT2D eigenvalue weighted by molar-refractivity contribution is -0.172. The molecule has 1 N–H and O–H groups in total. The molecule has 9 atom stereocenters. The fraction of sp³-hybridized carbons (Fsp3) is 0.800. The molecule has 4 rings (SSSR count). The van der Waals surface area contributed by atoms with Gasteiger partial charge in [-0.2, -0.15) is 0 Å². The molecule has 0 unspecified atom stereocenters. The van der Waals surface area contributed by atoms with Gasteiger partial charge >= 0.3 is 17.9 Å². The molecule has 0 aromatic rings. The van der Waals surface area contributed by atoms with Crippen LogP contribution in [-0.4, -0.2) is 48.4 Å². The molecule has 0 spiro atoms. The molecule has 7 nitrogen and oxygen atoms in total. The van der Waals surface area contributed by atoms with Crippen LogP contribution in [0.1, 0.15) is 114 Å². The van der Waals surface area contributed by atoms with E-state index in [2.05, 4.69) is 41.5 Å². The third-order valence-corrected chi connectivity index (χ3v) is 12.8. The van der Waals surface area contributed by atoms with Gasteiger partial charge in [0, 0.05) is 37.4 Å². The Kier molecular flexibility index (Phi) is 8.90. The van der Waals surface area contributed by atoms with Gasteiger partial charge in [-0.05, 0) is 92.4 Å². The van der Waals surface area contributed by atoms with Gasteiger partial charge in [0.2, 0.25) is 0 Å². The Morgan fingerprint density at radius 2 is 1.60 bits per heavy atom. The van der Waals surface area contributed by atoms with Gasteiger partial charge < -0.3 is 19.3 Å². The highest BCUT2D eigenvalue weighted by atomic mass is 16.5. The standard InChI is InChI=1S/C35H54O7/c1-20(12-11-13-21(2)31(38)39)25-18-29(42-23(4)37)35(9)30-24(14-17-34(25,35)8)33(7)16-15-28(41-22(3)36)32(5,6)27(33)19-26(30)40-10/h13,20,25-29H,11-12,14-19H2,1-10H3,(H,38,39)/b21-13+/t20-,25-,26-,27+,28+,29+,33-,34-,35+/m1/s1. The van der Waals surface area contributed by atoms with Crippen LogP contribution in [-0.2, 0) is 28.6 Å². The van der Waals surface area contributed by atoms with E-state index < -0.39 is 5.97 Å². The molecule has 0 saturated heterocycles. The van der Waals surface area contributed by atoms with Crippen molar-refractivity contribution in [3.05, 3.63) is 22.8 Å². The van der Waals surface area contributed by atoms with Gasteiger partial charge in [-0.15, -0.1) is 0 Å². The number of hydrogen-bond donors (Lipinski definition) is 1. The normalized spacial score (nSPS) is 40.0. The van der Waals surface area contributed by atoms with Crippen molar-refractivity contribution in [2.45, 2.75) is 132 Å². The molecule has 2 saturated carbocycles. The molecule has 7 heteroatoms. The quantitative estimate of drug-likeness (QED) is 0.181. The zero-order valence-electron chi connectivity index (χ0n) is 27.6. The Hall–Kier alpha value is -2.15. The summed E-state index contributed by atoms with van der Waals surface area (Å²) in [6, 6.07) is 0. The summed E-state index contributed by atoms with van der Waals surface area (Å²) in [4.78, 5) is 35.9. The second kappa shape index (κ2) is 11.4. The fourth-order valence-electron chi connectivity index (χ4n) is 10.3. The summed E-state index contributed by atoms with van der Waals surface area (Å²) in [5, 5.41) is 9.30. The Morgan fingerprint density at radius 3 is 2.17 bits per heavy atom. The number of ether oxygens (including phenoxy) is 3. The predicted molar refractivity (Wildman–Crippen MR) is 162 cm³/mol. The van der Waals surface area contributed by atoms with Crippen LogP contribution in [0.3, 0.4) is 0 Å². The number of carbonyl (C=O) groups is 3. The Labute approximate surface area is 252 Å². The molecule has 2 fully saturated rings. The number of carbonyl (C=O) groups excluding carboxylic acids is 2. The van der Waals surface area contributed by atoms with Crippen LogP contribution in [0.15, 0.2) is 22.8 Å². The Morgan fingerprint density at radius 1 is 0.976 bits per heavy atom. The van der Waals surface area contributed by atoms with Crippen molar-refractivity contribution in [3.8, 4) is 0 Å². The van der Waals surface area contributed by atoms with E-state index in [0.717, 1.165) is 44.9 Å². The highest BCUT2D eigenvalue weighted by molar-refractivity contribution is 5.85. The van der Waals surface area contributed by atoms with Gasteiger partial charge in [0.15, 0.2) is 0 Å². The summed E-state index contributed by atoms with van der Waals surface area (Å²) in [5.41, 5.74) is 2.45. The molecule has 4 aliphatic carbocycles. The topological polar surface area (TPSA) is 99.1 Å². The summed E-state index contributed by atoms with van der Waals surface area (Å²) >= 11 is 0. The summed E-state index contributed by atoms with van der Waals surface area (Å²) in [6.45, 7) is 18.6. The van der Waals surface area contributed by atoms with Crippen LogP contribution in [0.4, 0.5) is 0 Å². The second-order valence-corrected chi connectivity index (χ2v) is 15.1. The molecule has 236 valence electrons. The number of aliphatic carboxylic acids is 1. The van der Waals surface area contributed by atoms with Crippen LogP contribution in [0, 0.1) is 39.4 Å². The van der Waals surface area contributed by atoms with E-state index in [1.165, 1.54) is 25.0 Å². The van der Waals surface area contributed by atoms with Crippen LogP contribution in [0.5, 0.6) is 0 Å². The highest BCUT2D eigenvalue weighted by Gasteiger charge is 2.69. The number of rotatable bonds is 8. The van der Waals surface area contributed by atoms with Gasteiger partial charge in [0.1, 0.15) is 12.2 Å². The first-order valence-electron chi connectivity index (χ1n) is 16.0. The maximum atomic E-state index is 12.5. The molecule has 0 aromatic heterocycles. The Balaban J connectivity index is 1.79. The molecule has 4 aliphatic rings. The second-order valence-electron chi connectivity index (χ2n) is 15.1. The van der Waals surface area contributed by atoms with Crippen molar-refractivity contribution in [3.63, 3.8) is 0 Å². The lowest BCUT2D eigenvalue weighted by Crippen LogP contribution is -2.60.